The molecule has 1 amide bonds. The van der Waals surface area contributed by atoms with E-state index in [-0.39, 0.29) is 18.8 Å². The number of carbonyl (C=O) groups excluding carboxylic acids is 2. The molecule has 148 valence electrons. The highest BCUT2D eigenvalue weighted by Gasteiger charge is 2.21. The first kappa shape index (κ1) is 18.5. The zero-order valence-corrected chi connectivity index (χ0v) is 15.4. The van der Waals surface area contributed by atoms with Gasteiger partial charge in [-0.25, -0.2) is 5.10 Å². The van der Waals surface area contributed by atoms with Gasteiger partial charge in [-0.3, -0.25) is 14.4 Å². The van der Waals surface area contributed by atoms with E-state index in [0.717, 1.165) is 0 Å². The van der Waals surface area contributed by atoms with Gasteiger partial charge < -0.3 is 19.5 Å². The zero-order valence-electron chi connectivity index (χ0n) is 15.4. The number of anilines is 1. The summed E-state index contributed by atoms with van der Waals surface area (Å²) in [7, 11) is 0. The SMILES string of the molecule is C[C@H](OC(=O)Cc1n[nH]c(=O)c2ccccc12)C(=O)Nc1ccc2c(c1)OCO2. The molecule has 2 heterocycles. The van der Waals surface area contributed by atoms with Crippen molar-refractivity contribution in [3.63, 3.8) is 0 Å². The third kappa shape index (κ3) is 3.88. The van der Waals surface area contributed by atoms with Crippen molar-refractivity contribution in [3.05, 3.63) is 58.5 Å². The zero-order chi connectivity index (χ0) is 20.4. The van der Waals surface area contributed by atoms with Crippen molar-refractivity contribution in [2.75, 3.05) is 12.1 Å². The number of benzene rings is 2. The third-order valence-corrected chi connectivity index (χ3v) is 4.40. The van der Waals surface area contributed by atoms with Gasteiger partial charge >= 0.3 is 5.97 Å². The molecule has 1 aliphatic heterocycles. The molecule has 0 unspecified atom stereocenters. The second kappa shape index (κ2) is 7.63. The monoisotopic (exact) mass is 395 g/mol. The van der Waals surface area contributed by atoms with Crippen LogP contribution in [0.5, 0.6) is 11.5 Å². The molecule has 29 heavy (non-hydrogen) atoms. The summed E-state index contributed by atoms with van der Waals surface area (Å²) < 4.78 is 15.7. The molecule has 0 spiro atoms. The lowest BCUT2D eigenvalue weighted by atomic mass is 10.1. The molecule has 4 rings (SSSR count). The van der Waals surface area contributed by atoms with E-state index in [1.54, 1.807) is 42.5 Å². The molecule has 9 heteroatoms. The molecule has 2 aromatic carbocycles. The molecule has 1 aliphatic rings. The maximum Gasteiger partial charge on any atom is 0.312 e. The Morgan fingerprint density at radius 1 is 1.17 bits per heavy atom. The van der Waals surface area contributed by atoms with Crippen LogP contribution in [0.2, 0.25) is 0 Å². The molecule has 2 N–H and O–H groups in total. The van der Waals surface area contributed by atoms with E-state index in [1.165, 1.54) is 6.92 Å². The van der Waals surface area contributed by atoms with E-state index in [9.17, 15) is 14.4 Å². The lowest BCUT2D eigenvalue weighted by Gasteiger charge is -2.14. The normalized spacial score (nSPS) is 13.1. The minimum absolute atomic E-state index is 0.133. The molecule has 0 bridgehead atoms. The number of nitrogens with one attached hydrogen (secondary N) is 2. The van der Waals surface area contributed by atoms with E-state index in [0.29, 0.717) is 33.7 Å². The topological polar surface area (TPSA) is 120 Å². The van der Waals surface area contributed by atoms with Crippen molar-refractivity contribution in [2.45, 2.75) is 19.4 Å². The van der Waals surface area contributed by atoms with E-state index < -0.39 is 18.0 Å². The van der Waals surface area contributed by atoms with Crippen molar-refractivity contribution in [1.29, 1.82) is 0 Å². The average Bonchev–Trinajstić information content (AvgIpc) is 3.18. The molecule has 1 atom stereocenters. The van der Waals surface area contributed by atoms with Gasteiger partial charge in [0.25, 0.3) is 11.5 Å². The summed E-state index contributed by atoms with van der Waals surface area (Å²) in [6.07, 6.45) is -1.21. The number of amides is 1. The minimum Gasteiger partial charge on any atom is -0.454 e. The third-order valence-electron chi connectivity index (χ3n) is 4.40. The predicted molar refractivity (Wildman–Crippen MR) is 103 cm³/mol. The first-order valence-electron chi connectivity index (χ1n) is 8.87. The van der Waals surface area contributed by atoms with Gasteiger partial charge in [0.05, 0.1) is 17.5 Å². The lowest BCUT2D eigenvalue weighted by Crippen LogP contribution is -2.30. The first-order chi connectivity index (χ1) is 14.0. The molecule has 0 saturated carbocycles. The molecule has 0 aliphatic carbocycles. The van der Waals surface area contributed by atoms with Crippen LogP contribution in [0.1, 0.15) is 12.6 Å². The van der Waals surface area contributed by atoms with E-state index in [4.69, 9.17) is 14.2 Å². The number of esters is 1. The Kier molecular flexibility index (Phi) is 4.86. The number of aromatic nitrogens is 2. The summed E-state index contributed by atoms with van der Waals surface area (Å²) in [4.78, 5) is 36.4. The summed E-state index contributed by atoms with van der Waals surface area (Å²) in [6.45, 7) is 1.60. The second-order valence-electron chi connectivity index (χ2n) is 6.41. The Hall–Kier alpha value is -3.88. The van der Waals surface area contributed by atoms with Gasteiger partial charge in [-0.2, -0.15) is 5.10 Å². The average molecular weight is 395 g/mol. The molecular weight excluding hydrogens is 378 g/mol. The van der Waals surface area contributed by atoms with Gasteiger partial charge in [0.2, 0.25) is 6.79 Å². The number of rotatable bonds is 5. The van der Waals surface area contributed by atoms with Crippen molar-refractivity contribution in [1.82, 2.24) is 10.2 Å². The second-order valence-corrected chi connectivity index (χ2v) is 6.41. The van der Waals surface area contributed by atoms with Crippen LogP contribution in [-0.2, 0) is 20.7 Å². The van der Waals surface area contributed by atoms with Crippen LogP contribution in [0.4, 0.5) is 5.69 Å². The maximum absolute atomic E-state index is 12.3. The fourth-order valence-corrected chi connectivity index (χ4v) is 2.95. The lowest BCUT2D eigenvalue weighted by molar-refractivity contribution is -0.152. The van der Waals surface area contributed by atoms with Gasteiger partial charge in [-0.1, -0.05) is 18.2 Å². The van der Waals surface area contributed by atoms with Crippen LogP contribution in [0.15, 0.2) is 47.3 Å². The fourth-order valence-electron chi connectivity index (χ4n) is 2.95. The Morgan fingerprint density at radius 2 is 1.93 bits per heavy atom. The Balaban J connectivity index is 1.40. The summed E-state index contributed by atoms with van der Waals surface area (Å²) in [6, 6.07) is 11.8. The molecule has 1 aromatic heterocycles. The number of hydrogen-bond donors (Lipinski definition) is 2. The minimum atomic E-state index is -1.03. The number of hydrogen-bond acceptors (Lipinski definition) is 7. The van der Waals surface area contributed by atoms with Crippen molar-refractivity contribution in [2.24, 2.45) is 0 Å². The molecule has 3 aromatic rings. The molecule has 0 radical (unpaired) electrons. The highest BCUT2D eigenvalue weighted by atomic mass is 16.7. The van der Waals surface area contributed by atoms with Gasteiger partial charge in [0.15, 0.2) is 17.6 Å². The number of ether oxygens (including phenoxy) is 3. The van der Waals surface area contributed by atoms with Gasteiger partial charge in [0, 0.05) is 17.1 Å². The number of nitrogens with zero attached hydrogens (tertiary/aromatic N) is 1. The van der Waals surface area contributed by atoms with Crippen LogP contribution in [0, 0.1) is 0 Å². The number of fused-ring (bicyclic) bond motifs is 2. The van der Waals surface area contributed by atoms with Crippen LogP contribution in [-0.4, -0.2) is 35.0 Å². The van der Waals surface area contributed by atoms with E-state index >= 15 is 0 Å². The van der Waals surface area contributed by atoms with Crippen molar-refractivity contribution in [3.8, 4) is 11.5 Å². The summed E-state index contributed by atoms with van der Waals surface area (Å²) in [5.41, 5.74) is 0.526. The molecule has 9 nitrogen and oxygen atoms in total. The first-order valence-corrected chi connectivity index (χ1v) is 8.87. The smallest absolute Gasteiger partial charge is 0.312 e. The summed E-state index contributed by atoms with van der Waals surface area (Å²) >= 11 is 0. The van der Waals surface area contributed by atoms with E-state index in [1.807, 2.05) is 0 Å². The highest BCUT2D eigenvalue weighted by molar-refractivity contribution is 5.95. The van der Waals surface area contributed by atoms with E-state index in [2.05, 4.69) is 15.5 Å². The van der Waals surface area contributed by atoms with Crippen molar-refractivity contribution >= 4 is 28.3 Å². The summed E-state index contributed by atoms with van der Waals surface area (Å²) in [5, 5.41) is 9.95. The number of H-pyrrole nitrogens is 1. The number of aromatic amines is 1. The van der Waals surface area contributed by atoms with Gasteiger partial charge in [0.1, 0.15) is 0 Å². The Morgan fingerprint density at radius 3 is 2.76 bits per heavy atom. The largest absolute Gasteiger partial charge is 0.454 e. The fraction of sp³-hybridized carbons (Fsp3) is 0.200. The van der Waals surface area contributed by atoms with Crippen LogP contribution >= 0.6 is 0 Å². The van der Waals surface area contributed by atoms with Gasteiger partial charge in [-0.15, -0.1) is 0 Å². The maximum atomic E-state index is 12.3. The van der Waals surface area contributed by atoms with Crippen LogP contribution in [0.25, 0.3) is 10.8 Å². The predicted octanol–water partition coefficient (Wildman–Crippen LogP) is 1.76. The van der Waals surface area contributed by atoms with Crippen molar-refractivity contribution < 1.29 is 23.8 Å². The highest BCUT2D eigenvalue weighted by Crippen LogP contribution is 2.34. The van der Waals surface area contributed by atoms with Gasteiger partial charge in [-0.05, 0) is 25.1 Å². The van der Waals surface area contributed by atoms with Crippen LogP contribution in [0.3, 0.4) is 0 Å². The number of carbonyl (C=O) groups is 2. The molecule has 0 fully saturated rings. The Bertz CT molecular complexity index is 1160. The van der Waals surface area contributed by atoms with Crippen LogP contribution < -0.4 is 20.3 Å². The molecule has 0 saturated heterocycles. The Labute approximate surface area is 164 Å². The standard InChI is InChI=1S/C20H17N3O6/c1-11(19(25)21-12-6-7-16-17(8-12)28-10-27-16)29-18(24)9-15-13-4-2-3-5-14(13)20(26)23-22-15/h2-8,11H,9-10H2,1H3,(H,21,25)(H,23,26)/t11-/m0/s1. The summed E-state index contributed by atoms with van der Waals surface area (Å²) in [5.74, 6) is 0.00566. The molecular formula is C20H17N3O6. The quantitative estimate of drug-likeness (QED) is 0.632.